The summed E-state index contributed by atoms with van der Waals surface area (Å²) in [6, 6.07) is 16.6. The van der Waals surface area contributed by atoms with E-state index in [0.29, 0.717) is 11.1 Å². The van der Waals surface area contributed by atoms with Crippen molar-refractivity contribution in [1.29, 1.82) is 0 Å². The number of aryl methyl sites for hydroxylation is 2. The van der Waals surface area contributed by atoms with Gasteiger partial charge in [-0.3, -0.25) is 14.9 Å². The third-order valence-corrected chi connectivity index (χ3v) is 7.91. The van der Waals surface area contributed by atoms with Crippen molar-refractivity contribution < 1.29 is 9.59 Å². The second kappa shape index (κ2) is 8.56. The highest BCUT2D eigenvalue weighted by Crippen LogP contribution is 2.42. The van der Waals surface area contributed by atoms with Crippen molar-refractivity contribution in [2.24, 2.45) is 0 Å². The first-order chi connectivity index (χ1) is 17.1. The van der Waals surface area contributed by atoms with E-state index in [2.05, 4.69) is 64.7 Å². The van der Waals surface area contributed by atoms with Gasteiger partial charge in [0.1, 0.15) is 0 Å². The Bertz CT molecular complexity index is 1420. The van der Waals surface area contributed by atoms with Crippen LogP contribution in [-0.4, -0.2) is 20.9 Å². The monoisotopic (exact) mass is 465 g/mol. The van der Waals surface area contributed by atoms with Crippen LogP contribution in [0.2, 0.25) is 0 Å². The number of carbonyl (C=O) groups is 2. The molecule has 5 nitrogen and oxygen atoms in total. The fourth-order valence-corrected chi connectivity index (χ4v) is 6.25. The predicted molar refractivity (Wildman–Crippen MR) is 141 cm³/mol. The summed E-state index contributed by atoms with van der Waals surface area (Å²) in [6.07, 6.45) is 7.10. The minimum Gasteiger partial charge on any atom is -0.344 e. The topological polar surface area (TPSA) is 56.0 Å². The van der Waals surface area contributed by atoms with E-state index in [9.17, 15) is 9.59 Å². The van der Waals surface area contributed by atoms with Crippen molar-refractivity contribution in [3.8, 4) is 0 Å². The fraction of sp³-hybridized carbons (Fsp3) is 0.333. The molecule has 0 saturated carbocycles. The van der Waals surface area contributed by atoms with Crippen LogP contribution < -0.4 is 5.32 Å². The van der Waals surface area contributed by atoms with Crippen molar-refractivity contribution in [3.05, 3.63) is 71.0 Å². The third-order valence-electron chi connectivity index (χ3n) is 7.91. The molecule has 4 aromatic rings. The first-order valence-corrected chi connectivity index (χ1v) is 12.8. The summed E-state index contributed by atoms with van der Waals surface area (Å²) < 4.78 is 4.68. The lowest BCUT2D eigenvalue weighted by atomic mass is 9.93. The molecule has 5 heteroatoms. The van der Waals surface area contributed by atoms with Gasteiger partial charge in [0.15, 0.2) is 0 Å². The molecule has 35 heavy (non-hydrogen) atoms. The van der Waals surface area contributed by atoms with Gasteiger partial charge in [0, 0.05) is 57.4 Å². The summed E-state index contributed by atoms with van der Waals surface area (Å²) in [6.45, 7) is 6.02. The lowest BCUT2D eigenvalue weighted by Crippen LogP contribution is -2.23. The standard InChI is InChI=1S/C30H31N3O2/c1-19-25-21-13-7-9-15-23(21)32(19)17-11-5-3-4-6-12-18-33-20(2)26(22-14-8-10-16-24(22)33)28-27(25)29(34)31-30(28)35/h7-10,13-16H,3-6,11-12,17-18H2,1-2H3,(H,31,34,35). The number of benzene rings is 2. The van der Waals surface area contributed by atoms with Crippen molar-refractivity contribution in [3.63, 3.8) is 0 Å². The third kappa shape index (κ3) is 3.36. The van der Waals surface area contributed by atoms with Gasteiger partial charge < -0.3 is 9.13 Å². The van der Waals surface area contributed by atoms with E-state index < -0.39 is 0 Å². The van der Waals surface area contributed by atoms with E-state index in [1.807, 2.05) is 12.1 Å². The summed E-state index contributed by atoms with van der Waals surface area (Å²) in [4.78, 5) is 26.8. The van der Waals surface area contributed by atoms with Crippen LogP contribution in [0.3, 0.4) is 0 Å². The Labute approximate surface area is 205 Å². The lowest BCUT2D eigenvalue weighted by Gasteiger charge is -2.12. The minimum atomic E-state index is -0.298. The highest BCUT2D eigenvalue weighted by Gasteiger charge is 2.37. The van der Waals surface area contributed by atoms with E-state index in [0.717, 1.165) is 70.3 Å². The molecule has 4 heterocycles. The summed E-state index contributed by atoms with van der Waals surface area (Å²) in [5, 5.41) is 4.71. The molecule has 2 aromatic carbocycles. The van der Waals surface area contributed by atoms with E-state index in [1.165, 1.54) is 25.7 Å². The molecule has 2 amide bonds. The molecule has 6 rings (SSSR count). The molecule has 2 aliphatic heterocycles. The van der Waals surface area contributed by atoms with Gasteiger partial charge in [0.25, 0.3) is 11.8 Å². The van der Waals surface area contributed by atoms with Crippen LogP contribution in [0, 0.1) is 13.8 Å². The van der Waals surface area contributed by atoms with Crippen molar-refractivity contribution in [2.45, 2.75) is 65.5 Å². The molecular weight excluding hydrogens is 434 g/mol. The number of imide groups is 1. The molecule has 0 fully saturated rings. The summed E-state index contributed by atoms with van der Waals surface area (Å²) in [5.74, 6) is -0.596. The number of carbonyl (C=O) groups excluding carboxylic acids is 2. The van der Waals surface area contributed by atoms with Crippen LogP contribution in [0.4, 0.5) is 0 Å². The van der Waals surface area contributed by atoms with Crippen LogP contribution in [0.25, 0.3) is 33.0 Å². The van der Waals surface area contributed by atoms with Gasteiger partial charge in [-0.1, -0.05) is 62.1 Å². The Hall–Kier alpha value is -3.60. The number of amides is 2. The smallest absolute Gasteiger partial charge is 0.259 e. The zero-order valence-electron chi connectivity index (χ0n) is 20.5. The van der Waals surface area contributed by atoms with Crippen molar-refractivity contribution in [2.75, 3.05) is 0 Å². The number of nitrogens with one attached hydrogen (secondary N) is 1. The number of rotatable bonds is 0. The van der Waals surface area contributed by atoms with Crippen LogP contribution in [0.15, 0.2) is 48.5 Å². The molecule has 0 atom stereocenters. The van der Waals surface area contributed by atoms with E-state index >= 15 is 0 Å². The SMILES string of the molecule is Cc1c2c3ccccc3n1CCCCCCCCn1c(C)c(c3ccccc31)C1=C2C(=O)NC1=O. The van der Waals surface area contributed by atoms with Gasteiger partial charge in [0.05, 0.1) is 11.1 Å². The highest BCUT2D eigenvalue weighted by atomic mass is 16.2. The molecule has 0 spiro atoms. The summed E-state index contributed by atoms with van der Waals surface area (Å²) in [5.41, 5.74) is 7.17. The number of hydrogen-bond donors (Lipinski definition) is 1. The van der Waals surface area contributed by atoms with Gasteiger partial charge in [-0.15, -0.1) is 0 Å². The molecule has 0 saturated heterocycles. The molecule has 2 aromatic heterocycles. The maximum absolute atomic E-state index is 13.4. The number of para-hydroxylation sites is 2. The molecular formula is C30H31N3O2. The Morgan fingerprint density at radius 1 is 0.600 bits per heavy atom. The van der Waals surface area contributed by atoms with Gasteiger partial charge in [-0.25, -0.2) is 0 Å². The van der Waals surface area contributed by atoms with E-state index in [4.69, 9.17) is 0 Å². The molecule has 0 unspecified atom stereocenters. The van der Waals surface area contributed by atoms with Crippen LogP contribution in [0.1, 0.15) is 61.0 Å². The van der Waals surface area contributed by atoms with Gasteiger partial charge in [-0.05, 0) is 38.8 Å². The van der Waals surface area contributed by atoms with Gasteiger partial charge >= 0.3 is 0 Å². The number of aromatic nitrogens is 2. The zero-order valence-corrected chi connectivity index (χ0v) is 20.5. The molecule has 2 aliphatic rings. The molecule has 1 N–H and O–H groups in total. The van der Waals surface area contributed by atoms with Gasteiger partial charge in [0.2, 0.25) is 0 Å². The number of fused-ring (bicyclic) bond motifs is 12. The average Bonchev–Trinajstić information content (AvgIpc) is 3.40. The largest absolute Gasteiger partial charge is 0.344 e. The maximum atomic E-state index is 13.4. The normalized spacial score (nSPS) is 17.3. The summed E-state index contributed by atoms with van der Waals surface area (Å²) >= 11 is 0. The fourth-order valence-electron chi connectivity index (χ4n) is 6.25. The van der Waals surface area contributed by atoms with Crippen molar-refractivity contribution >= 4 is 44.8 Å². The average molecular weight is 466 g/mol. The van der Waals surface area contributed by atoms with Crippen LogP contribution >= 0.6 is 0 Å². The minimum absolute atomic E-state index is 0.298. The Morgan fingerprint density at radius 3 is 1.46 bits per heavy atom. The molecule has 178 valence electrons. The second-order valence-electron chi connectivity index (χ2n) is 9.91. The van der Waals surface area contributed by atoms with Crippen LogP contribution in [0.5, 0.6) is 0 Å². The zero-order chi connectivity index (χ0) is 24.1. The maximum Gasteiger partial charge on any atom is 0.259 e. The van der Waals surface area contributed by atoms with Gasteiger partial charge in [-0.2, -0.15) is 0 Å². The Morgan fingerprint density at radius 2 is 1.00 bits per heavy atom. The highest BCUT2D eigenvalue weighted by molar-refractivity contribution is 6.51. The van der Waals surface area contributed by atoms with Crippen LogP contribution in [-0.2, 0) is 22.7 Å². The molecule has 4 bridgehead atoms. The van der Waals surface area contributed by atoms with E-state index in [1.54, 1.807) is 0 Å². The predicted octanol–water partition coefficient (Wildman–Crippen LogP) is 6.13. The Balaban J connectivity index is 1.71. The quantitative estimate of drug-likeness (QED) is 0.317. The lowest BCUT2D eigenvalue weighted by molar-refractivity contribution is -0.122. The Kier molecular flexibility index (Phi) is 5.36. The number of hydrogen-bond acceptors (Lipinski definition) is 2. The first kappa shape index (κ1) is 21.9. The van der Waals surface area contributed by atoms with E-state index in [-0.39, 0.29) is 11.8 Å². The second-order valence-corrected chi connectivity index (χ2v) is 9.91. The van der Waals surface area contributed by atoms with Crippen molar-refractivity contribution in [1.82, 2.24) is 14.5 Å². The molecule has 0 aliphatic carbocycles. The number of nitrogens with zero attached hydrogens (tertiary/aromatic N) is 2. The molecule has 0 radical (unpaired) electrons. The summed E-state index contributed by atoms with van der Waals surface area (Å²) in [7, 11) is 0. The first-order valence-electron chi connectivity index (χ1n) is 12.8.